The van der Waals surface area contributed by atoms with Gasteiger partial charge in [0.2, 0.25) is 0 Å². The summed E-state index contributed by atoms with van der Waals surface area (Å²) in [5, 5.41) is 0. The van der Waals surface area contributed by atoms with Crippen LogP contribution in [0.4, 0.5) is 0 Å². The molecule has 0 aromatic rings. The van der Waals surface area contributed by atoms with E-state index in [0.717, 1.165) is 0 Å². The molecule has 0 aromatic carbocycles. The summed E-state index contributed by atoms with van der Waals surface area (Å²) in [5.74, 6) is -2.37. The van der Waals surface area contributed by atoms with Crippen molar-refractivity contribution in [2.24, 2.45) is 0 Å². The first-order chi connectivity index (χ1) is 8.14. The molecule has 0 saturated carbocycles. The van der Waals surface area contributed by atoms with Gasteiger partial charge in [-0.3, -0.25) is 0 Å². The standard InChI is InChI=1S/2C4H6O2.C2HO2.O.Ti/c2*1-3(2)4(5)6;3-1-2-4;;/h2*1H2,2H3,(H,5,6);1H;;/q;;;;+2/p-2. The van der Waals surface area contributed by atoms with Gasteiger partial charge in [0.25, 0.3) is 0 Å². The van der Waals surface area contributed by atoms with E-state index in [-0.39, 0.29) is 17.4 Å². The molecule has 8 heteroatoms. The number of aldehydes is 1. The third kappa shape index (κ3) is 4.27. The van der Waals surface area contributed by atoms with Crippen LogP contribution < -0.4 is 0 Å². The van der Waals surface area contributed by atoms with Gasteiger partial charge in [-0.1, -0.05) is 0 Å². The van der Waals surface area contributed by atoms with Gasteiger partial charge in [-0.2, -0.15) is 0 Å². The Bertz CT molecular complexity index is 456. The summed E-state index contributed by atoms with van der Waals surface area (Å²) in [7, 11) is 0. The second-order valence-corrected chi connectivity index (χ2v) is 6.52. The van der Waals surface area contributed by atoms with Crippen LogP contribution in [0, 0.1) is 0 Å². The van der Waals surface area contributed by atoms with E-state index in [9.17, 15) is 22.5 Å². The summed E-state index contributed by atoms with van der Waals surface area (Å²) < 4.78 is 18.9. The Morgan fingerprint density at radius 1 is 1.00 bits per heavy atom. The summed E-state index contributed by atoms with van der Waals surface area (Å²) in [6.45, 7) is 8.86. The summed E-state index contributed by atoms with van der Waals surface area (Å²) in [4.78, 5) is 43.8. The van der Waals surface area contributed by atoms with Crippen molar-refractivity contribution in [2.75, 3.05) is 0 Å². The van der Waals surface area contributed by atoms with Gasteiger partial charge in [0.1, 0.15) is 0 Å². The molecule has 0 rings (SSSR count). The minimum atomic E-state index is -5.75. The van der Waals surface area contributed by atoms with Crippen LogP contribution in [-0.4, -0.2) is 22.3 Å². The molecule has 0 atom stereocenters. The molecule has 0 heterocycles. The average Bonchev–Trinajstić information content (AvgIpc) is 2.27. The van der Waals surface area contributed by atoms with Gasteiger partial charge in [0.15, 0.2) is 0 Å². The first kappa shape index (κ1) is 16.3. The van der Waals surface area contributed by atoms with Gasteiger partial charge in [-0.25, -0.2) is 0 Å². The third-order valence-corrected chi connectivity index (χ3v) is 4.10. The van der Waals surface area contributed by atoms with Gasteiger partial charge in [-0.15, -0.1) is 0 Å². The Morgan fingerprint density at radius 2 is 1.33 bits per heavy atom. The Morgan fingerprint density at radius 3 is 1.56 bits per heavy atom. The second-order valence-electron chi connectivity index (χ2n) is 3.38. The molecular formula is C10H11O7Ti. The Labute approximate surface area is 107 Å². The van der Waals surface area contributed by atoms with Crippen LogP contribution in [0.5, 0.6) is 0 Å². The van der Waals surface area contributed by atoms with E-state index in [1.54, 1.807) is 0 Å². The molecule has 18 heavy (non-hydrogen) atoms. The maximum absolute atomic E-state index is 11.9. The summed E-state index contributed by atoms with van der Waals surface area (Å²) in [6.07, 6.45) is -0.329. The van der Waals surface area contributed by atoms with Gasteiger partial charge >= 0.3 is 107 Å². The zero-order chi connectivity index (χ0) is 14.5. The fourth-order valence-electron chi connectivity index (χ4n) is 0.612. The molecule has 0 bridgehead atoms. The second kappa shape index (κ2) is 6.27. The van der Waals surface area contributed by atoms with E-state index in [2.05, 4.69) is 19.8 Å². The van der Waals surface area contributed by atoms with Crippen LogP contribution in [0.2, 0.25) is 0 Å². The quantitative estimate of drug-likeness (QED) is 0.299. The molecule has 7 nitrogen and oxygen atoms in total. The Kier molecular flexibility index (Phi) is 5.67. The molecule has 0 aliphatic heterocycles. The first-order valence-electron chi connectivity index (χ1n) is 4.61. The molecule has 0 spiro atoms. The van der Waals surface area contributed by atoms with E-state index in [4.69, 9.17) is 0 Å². The predicted molar refractivity (Wildman–Crippen MR) is 53.6 cm³/mol. The molecule has 0 unspecified atom stereocenters. The van der Waals surface area contributed by atoms with Crippen molar-refractivity contribution in [3.8, 4) is 0 Å². The van der Waals surface area contributed by atoms with Crippen molar-refractivity contribution in [3.05, 3.63) is 24.3 Å². The molecule has 0 amide bonds. The summed E-state index contributed by atoms with van der Waals surface area (Å²) >= 11 is -5.75. The fourth-order valence-corrected chi connectivity index (χ4v) is 2.52. The number of carbonyl (C=O) groups is 4. The summed E-state index contributed by atoms with van der Waals surface area (Å²) in [5.41, 5.74) is -0.322. The van der Waals surface area contributed by atoms with Crippen LogP contribution >= 0.6 is 0 Å². The SMILES string of the molecule is C=C(C)C(=O)[O][Ti](=[O])([O]C(=O)C(=C)C)[C](=O)C=O. The monoisotopic (exact) mass is 291 g/mol. The molecular weight excluding hydrogens is 280 g/mol. The molecule has 0 aliphatic carbocycles. The van der Waals surface area contributed by atoms with Gasteiger partial charge in [-0.05, 0) is 0 Å². The molecule has 0 radical (unpaired) electrons. The van der Waals surface area contributed by atoms with Gasteiger partial charge < -0.3 is 0 Å². The van der Waals surface area contributed by atoms with Crippen molar-refractivity contribution in [3.63, 3.8) is 0 Å². The molecule has 0 aromatic heterocycles. The first-order valence-corrected chi connectivity index (χ1v) is 7.31. The maximum atomic E-state index is 11.9. The van der Waals surface area contributed by atoms with Gasteiger partial charge in [0, 0.05) is 0 Å². The Balaban J connectivity index is 5.26. The molecule has 0 saturated heterocycles. The minimum absolute atomic E-state index is 0.161. The molecule has 97 valence electrons. The zero-order valence-electron chi connectivity index (χ0n) is 9.85. The van der Waals surface area contributed by atoms with Crippen molar-refractivity contribution in [1.82, 2.24) is 0 Å². The van der Waals surface area contributed by atoms with Crippen molar-refractivity contribution >= 4 is 22.3 Å². The topological polar surface area (TPSA) is 104 Å². The third-order valence-electron chi connectivity index (χ3n) is 1.56. The van der Waals surface area contributed by atoms with Crippen molar-refractivity contribution in [1.29, 1.82) is 0 Å². The van der Waals surface area contributed by atoms with Crippen molar-refractivity contribution in [2.45, 2.75) is 13.8 Å². The van der Waals surface area contributed by atoms with E-state index in [1.165, 1.54) is 13.8 Å². The van der Waals surface area contributed by atoms with Crippen LogP contribution in [0.3, 0.4) is 0 Å². The van der Waals surface area contributed by atoms with Crippen LogP contribution in [0.15, 0.2) is 24.3 Å². The predicted octanol–water partition coefficient (Wildman–Crippen LogP) is 0.280. The average molecular weight is 291 g/mol. The van der Waals surface area contributed by atoms with Gasteiger partial charge in [0.05, 0.1) is 0 Å². The molecule has 0 fully saturated rings. The van der Waals surface area contributed by atoms with Crippen LogP contribution in [0.25, 0.3) is 0 Å². The van der Waals surface area contributed by atoms with E-state index < -0.39 is 33.4 Å². The van der Waals surface area contributed by atoms with Crippen LogP contribution in [0.1, 0.15) is 13.8 Å². The number of rotatable bonds is 6. The molecule has 0 N–H and O–H groups in total. The number of carbonyl (C=O) groups excluding carboxylic acids is 4. The van der Waals surface area contributed by atoms with E-state index >= 15 is 0 Å². The van der Waals surface area contributed by atoms with E-state index in [0.29, 0.717) is 0 Å². The zero-order valence-corrected chi connectivity index (χ0v) is 11.4. The Hall–Kier alpha value is -1.73. The number of hydrogen-bond donors (Lipinski definition) is 0. The normalized spacial score (nSPS) is 10.1. The van der Waals surface area contributed by atoms with Crippen LogP contribution in [-0.2, 0) is 46.5 Å². The van der Waals surface area contributed by atoms with Crippen molar-refractivity contribution < 1.29 is 46.5 Å². The fraction of sp³-hybridized carbons (Fsp3) is 0.200. The molecule has 0 aliphatic rings. The summed E-state index contributed by atoms with van der Waals surface area (Å²) in [6, 6.07) is 0. The number of hydrogen-bond acceptors (Lipinski definition) is 7. The van der Waals surface area contributed by atoms with E-state index in [1.807, 2.05) is 0 Å².